The lowest BCUT2D eigenvalue weighted by Crippen LogP contribution is -2.23. The number of carbonyl (C=O) groups is 2. The van der Waals surface area contributed by atoms with E-state index in [9.17, 15) is 9.59 Å². The Balaban J connectivity index is 1.46. The molecule has 3 rings (SSSR count). The highest BCUT2D eigenvalue weighted by Crippen LogP contribution is 2.17. The van der Waals surface area contributed by atoms with Gasteiger partial charge in [0, 0.05) is 29.6 Å². The number of benzene rings is 2. The highest BCUT2D eigenvalue weighted by molar-refractivity contribution is 5.96. The van der Waals surface area contributed by atoms with Gasteiger partial charge < -0.3 is 29.8 Å². The minimum absolute atomic E-state index is 0.0485. The SMILES string of the molecule is CCOCCOc1cccc(NC(=O)CNc2cccc(C(=O)NCc3ccco3)c2)c1. The van der Waals surface area contributed by atoms with Crippen molar-refractivity contribution < 1.29 is 23.5 Å². The molecule has 0 aliphatic rings. The Morgan fingerprint density at radius 2 is 1.81 bits per heavy atom. The second kappa shape index (κ2) is 12.2. The van der Waals surface area contributed by atoms with Gasteiger partial charge >= 0.3 is 0 Å². The van der Waals surface area contributed by atoms with Crippen molar-refractivity contribution >= 4 is 23.2 Å². The summed E-state index contributed by atoms with van der Waals surface area (Å²) in [6.45, 7) is 3.88. The molecule has 0 radical (unpaired) electrons. The maximum atomic E-state index is 12.3. The standard InChI is InChI=1S/C24H27N3O5/c1-2-30-12-13-32-21-9-4-8-20(15-21)27-23(28)17-25-19-7-3-6-18(14-19)24(29)26-16-22-10-5-11-31-22/h3-11,14-15,25H,2,12-13,16-17H2,1H3,(H,26,29)(H,27,28). The Kier molecular flexibility index (Phi) is 8.70. The van der Waals surface area contributed by atoms with Crippen LogP contribution >= 0.6 is 0 Å². The predicted molar refractivity (Wildman–Crippen MR) is 122 cm³/mol. The topological polar surface area (TPSA) is 102 Å². The zero-order chi connectivity index (χ0) is 22.6. The number of hydrogen-bond acceptors (Lipinski definition) is 6. The minimum atomic E-state index is -0.226. The van der Waals surface area contributed by atoms with Crippen LogP contribution in [0, 0.1) is 0 Å². The van der Waals surface area contributed by atoms with Gasteiger partial charge in [-0.25, -0.2) is 0 Å². The molecule has 1 aromatic heterocycles. The van der Waals surface area contributed by atoms with Crippen molar-refractivity contribution in [2.75, 3.05) is 37.0 Å². The number of furan rings is 1. The predicted octanol–water partition coefficient (Wildman–Crippen LogP) is 3.68. The molecule has 0 aliphatic carbocycles. The first kappa shape index (κ1) is 22.9. The summed E-state index contributed by atoms with van der Waals surface area (Å²) < 4.78 is 16.1. The van der Waals surface area contributed by atoms with E-state index in [1.54, 1.807) is 54.8 Å². The third kappa shape index (κ3) is 7.48. The molecule has 2 aromatic carbocycles. The van der Waals surface area contributed by atoms with E-state index in [2.05, 4.69) is 16.0 Å². The summed E-state index contributed by atoms with van der Waals surface area (Å²) in [6.07, 6.45) is 1.56. The average Bonchev–Trinajstić information content (AvgIpc) is 3.33. The summed E-state index contributed by atoms with van der Waals surface area (Å²) in [5.74, 6) is 0.886. The lowest BCUT2D eigenvalue weighted by atomic mass is 10.2. The fourth-order valence-electron chi connectivity index (χ4n) is 2.87. The Bertz CT molecular complexity index is 1000. The number of carbonyl (C=O) groups excluding carboxylic acids is 2. The van der Waals surface area contributed by atoms with Crippen LogP contribution in [-0.2, 0) is 16.1 Å². The zero-order valence-corrected chi connectivity index (χ0v) is 17.9. The molecule has 3 aromatic rings. The molecule has 0 saturated heterocycles. The molecular formula is C24H27N3O5. The second-order valence-electron chi connectivity index (χ2n) is 6.82. The third-order valence-electron chi connectivity index (χ3n) is 4.40. The fraction of sp³-hybridized carbons (Fsp3) is 0.250. The number of anilines is 2. The first-order chi connectivity index (χ1) is 15.6. The van der Waals surface area contributed by atoms with E-state index in [1.165, 1.54) is 0 Å². The summed E-state index contributed by atoms with van der Waals surface area (Å²) in [5, 5.41) is 8.65. The number of rotatable bonds is 12. The molecular weight excluding hydrogens is 410 g/mol. The van der Waals surface area contributed by atoms with Gasteiger partial charge in [-0.15, -0.1) is 0 Å². The highest BCUT2D eigenvalue weighted by Gasteiger charge is 2.08. The quantitative estimate of drug-likeness (QED) is 0.374. The van der Waals surface area contributed by atoms with Crippen LogP contribution in [0.25, 0.3) is 0 Å². The molecule has 0 atom stereocenters. The maximum Gasteiger partial charge on any atom is 0.251 e. The van der Waals surface area contributed by atoms with Crippen LogP contribution in [0.5, 0.6) is 5.75 Å². The van der Waals surface area contributed by atoms with Gasteiger partial charge in [-0.2, -0.15) is 0 Å². The van der Waals surface area contributed by atoms with Crippen molar-refractivity contribution in [3.63, 3.8) is 0 Å². The Morgan fingerprint density at radius 1 is 0.969 bits per heavy atom. The average molecular weight is 437 g/mol. The van der Waals surface area contributed by atoms with E-state index >= 15 is 0 Å². The van der Waals surface area contributed by atoms with Gasteiger partial charge in [-0.3, -0.25) is 9.59 Å². The second-order valence-corrected chi connectivity index (χ2v) is 6.82. The molecule has 0 aliphatic heterocycles. The molecule has 0 bridgehead atoms. The molecule has 8 heteroatoms. The summed E-state index contributed by atoms with van der Waals surface area (Å²) in [5.41, 5.74) is 1.79. The van der Waals surface area contributed by atoms with Crippen molar-refractivity contribution in [1.82, 2.24) is 5.32 Å². The normalized spacial score (nSPS) is 10.4. The molecule has 0 spiro atoms. The maximum absolute atomic E-state index is 12.3. The van der Waals surface area contributed by atoms with Gasteiger partial charge in [-0.1, -0.05) is 12.1 Å². The summed E-state index contributed by atoms with van der Waals surface area (Å²) in [7, 11) is 0. The van der Waals surface area contributed by atoms with Crippen molar-refractivity contribution in [3.05, 3.63) is 78.3 Å². The van der Waals surface area contributed by atoms with Crippen LogP contribution in [0.1, 0.15) is 23.0 Å². The van der Waals surface area contributed by atoms with Gasteiger partial charge in [0.1, 0.15) is 18.1 Å². The van der Waals surface area contributed by atoms with Crippen LogP contribution in [0.4, 0.5) is 11.4 Å². The van der Waals surface area contributed by atoms with Crippen LogP contribution in [0.15, 0.2) is 71.3 Å². The fourth-order valence-corrected chi connectivity index (χ4v) is 2.87. The van der Waals surface area contributed by atoms with Crippen molar-refractivity contribution in [2.24, 2.45) is 0 Å². The summed E-state index contributed by atoms with van der Waals surface area (Å²) in [4.78, 5) is 24.7. The minimum Gasteiger partial charge on any atom is -0.491 e. The highest BCUT2D eigenvalue weighted by atomic mass is 16.5. The molecule has 168 valence electrons. The summed E-state index contributed by atoms with van der Waals surface area (Å²) in [6, 6.07) is 17.7. The van der Waals surface area contributed by atoms with Crippen molar-refractivity contribution in [1.29, 1.82) is 0 Å². The Morgan fingerprint density at radius 3 is 2.62 bits per heavy atom. The number of ether oxygens (including phenoxy) is 2. The molecule has 2 amide bonds. The molecule has 0 saturated carbocycles. The van der Waals surface area contributed by atoms with Crippen LogP contribution in [0.2, 0.25) is 0 Å². The van der Waals surface area contributed by atoms with E-state index in [-0.39, 0.29) is 18.4 Å². The van der Waals surface area contributed by atoms with E-state index in [0.29, 0.717) is 54.8 Å². The van der Waals surface area contributed by atoms with E-state index < -0.39 is 0 Å². The number of hydrogen-bond donors (Lipinski definition) is 3. The van der Waals surface area contributed by atoms with E-state index in [4.69, 9.17) is 13.9 Å². The first-order valence-corrected chi connectivity index (χ1v) is 10.4. The van der Waals surface area contributed by atoms with Gasteiger partial charge in [0.2, 0.25) is 5.91 Å². The van der Waals surface area contributed by atoms with Gasteiger partial charge in [0.05, 0.1) is 26.0 Å². The lowest BCUT2D eigenvalue weighted by molar-refractivity contribution is -0.114. The van der Waals surface area contributed by atoms with Crippen molar-refractivity contribution in [3.8, 4) is 5.75 Å². The van der Waals surface area contributed by atoms with Crippen molar-refractivity contribution in [2.45, 2.75) is 13.5 Å². The molecule has 32 heavy (non-hydrogen) atoms. The molecule has 1 heterocycles. The lowest BCUT2D eigenvalue weighted by Gasteiger charge is -2.11. The van der Waals surface area contributed by atoms with Crippen LogP contribution in [-0.4, -0.2) is 38.2 Å². The zero-order valence-electron chi connectivity index (χ0n) is 17.9. The third-order valence-corrected chi connectivity index (χ3v) is 4.40. The van der Waals surface area contributed by atoms with E-state index in [0.717, 1.165) is 0 Å². The van der Waals surface area contributed by atoms with Gasteiger partial charge in [0.15, 0.2) is 0 Å². The smallest absolute Gasteiger partial charge is 0.251 e. The number of amides is 2. The monoisotopic (exact) mass is 437 g/mol. The van der Waals surface area contributed by atoms with Crippen LogP contribution in [0.3, 0.4) is 0 Å². The Hall–Kier alpha value is -3.78. The summed E-state index contributed by atoms with van der Waals surface area (Å²) >= 11 is 0. The Labute approximate surface area is 186 Å². The van der Waals surface area contributed by atoms with Crippen LogP contribution < -0.4 is 20.7 Å². The first-order valence-electron chi connectivity index (χ1n) is 10.4. The molecule has 0 unspecified atom stereocenters. The largest absolute Gasteiger partial charge is 0.491 e. The molecule has 8 nitrogen and oxygen atoms in total. The number of nitrogens with one attached hydrogen (secondary N) is 3. The molecule has 0 fully saturated rings. The van der Waals surface area contributed by atoms with Gasteiger partial charge in [0.25, 0.3) is 5.91 Å². The van der Waals surface area contributed by atoms with Gasteiger partial charge in [-0.05, 0) is 49.4 Å². The van der Waals surface area contributed by atoms with E-state index in [1.807, 2.05) is 19.1 Å². The molecule has 3 N–H and O–H groups in total.